The molecular weight excluding hydrogens is 252 g/mol. The fraction of sp³-hybridized carbons (Fsp3) is 0.200. The Balaban J connectivity index is 2.42. The summed E-state index contributed by atoms with van der Waals surface area (Å²) >= 11 is 0. The Morgan fingerprint density at radius 3 is 2.75 bits per heavy atom. The highest BCUT2D eigenvalue weighted by molar-refractivity contribution is 6.09. The molecule has 20 heavy (non-hydrogen) atoms. The maximum absolute atomic E-state index is 12.7. The van der Waals surface area contributed by atoms with E-state index in [0.29, 0.717) is 17.8 Å². The number of benzene rings is 1. The maximum Gasteiger partial charge on any atom is 0.261 e. The number of hydrogen-bond acceptors (Lipinski definition) is 4. The van der Waals surface area contributed by atoms with E-state index in [9.17, 15) is 4.79 Å². The number of nitrogens with zero attached hydrogens (tertiary/aromatic N) is 2. The van der Waals surface area contributed by atoms with E-state index in [0.717, 1.165) is 11.3 Å². The van der Waals surface area contributed by atoms with Crippen LogP contribution in [0, 0.1) is 6.92 Å². The van der Waals surface area contributed by atoms with Gasteiger partial charge in [-0.05, 0) is 31.5 Å². The molecule has 0 saturated heterocycles. The summed E-state index contributed by atoms with van der Waals surface area (Å²) in [6.07, 6.45) is 3.12. The third-order valence-corrected chi connectivity index (χ3v) is 3.17. The van der Waals surface area contributed by atoms with Gasteiger partial charge in [0.05, 0.1) is 11.3 Å². The number of aryl methyl sites for hydroxylation is 1. The Kier molecular flexibility index (Phi) is 4.32. The van der Waals surface area contributed by atoms with Crippen LogP contribution in [0.5, 0.6) is 0 Å². The number of nitrogens with one attached hydrogen (secondary N) is 1. The van der Waals surface area contributed by atoms with Crippen LogP contribution in [0.15, 0.2) is 42.7 Å². The van der Waals surface area contributed by atoms with E-state index in [2.05, 4.69) is 10.4 Å². The largest absolute Gasteiger partial charge is 0.323 e. The highest BCUT2D eigenvalue weighted by Crippen LogP contribution is 2.23. The summed E-state index contributed by atoms with van der Waals surface area (Å²) in [5.74, 6) is 5.33. The van der Waals surface area contributed by atoms with Crippen molar-refractivity contribution in [2.45, 2.75) is 13.8 Å². The van der Waals surface area contributed by atoms with Gasteiger partial charge < -0.3 is 10.3 Å². The summed E-state index contributed by atoms with van der Waals surface area (Å²) in [6, 6.07) is 9.47. The van der Waals surface area contributed by atoms with Crippen molar-refractivity contribution in [2.75, 3.05) is 16.9 Å². The van der Waals surface area contributed by atoms with Crippen molar-refractivity contribution in [1.82, 2.24) is 4.98 Å². The fourth-order valence-corrected chi connectivity index (χ4v) is 2.13. The number of nitrogen functional groups attached to an aromatic ring is 1. The highest BCUT2D eigenvalue weighted by atomic mass is 16.2. The first-order chi connectivity index (χ1) is 9.69. The van der Waals surface area contributed by atoms with E-state index in [1.165, 1.54) is 6.20 Å². The second-order valence-electron chi connectivity index (χ2n) is 4.40. The number of rotatable bonds is 4. The summed E-state index contributed by atoms with van der Waals surface area (Å²) in [5.41, 5.74) is 5.50. The minimum absolute atomic E-state index is 0.122. The van der Waals surface area contributed by atoms with Crippen molar-refractivity contribution in [3.05, 3.63) is 53.9 Å². The number of aromatic nitrogens is 1. The number of hydrazine groups is 1. The van der Waals surface area contributed by atoms with Crippen molar-refractivity contribution < 1.29 is 4.79 Å². The zero-order chi connectivity index (χ0) is 14.5. The fourth-order valence-electron chi connectivity index (χ4n) is 2.13. The minimum atomic E-state index is -0.122. The van der Waals surface area contributed by atoms with Crippen LogP contribution in [0.4, 0.5) is 11.4 Å². The molecule has 5 nitrogen and oxygen atoms in total. The van der Waals surface area contributed by atoms with Crippen LogP contribution in [0.3, 0.4) is 0 Å². The van der Waals surface area contributed by atoms with Gasteiger partial charge in [-0.15, -0.1) is 0 Å². The molecule has 5 heteroatoms. The van der Waals surface area contributed by atoms with Gasteiger partial charge in [-0.3, -0.25) is 15.6 Å². The van der Waals surface area contributed by atoms with E-state index in [4.69, 9.17) is 5.84 Å². The van der Waals surface area contributed by atoms with Crippen LogP contribution in [0.1, 0.15) is 22.8 Å². The molecule has 1 aromatic heterocycles. The molecule has 0 unspecified atom stereocenters. The van der Waals surface area contributed by atoms with E-state index in [-0.39, 0.29) is 5.91 Å². The molecule has 0 saturated carbocycles. The first-order valence-corrected chi connectivity index (χ1v) is 6.47. The number of hydrogen-bond donors (Lipinski definition) is 2. The molecule has 1 aromatic carbocycles. The summed E-state index contributed by atoms with van der Waals surface area (Å²) in [7, 11) is 0. The maximum atomic E-state index is 12.7. The van der Waals surface area contributed by atoms with Crippen molar-refractivity contribution in [1.29, 1.82) is 0 Å². The molecule has 0 bridgehead atoms. The third kappa shape index (κ3) is 2.62. The van der Waals surface area contributed by atoms with Gasteiger partial charge in [0.1, 0.15) is 0 Å². The minimum Gasteiger partial charge on any atom is -0.323 e. The standard InChI is InChI=1S/C15H18N4O/c1-3-19(14-7-5-4-6-11(14)2)15(20)12-10-17-9-8-13(12)18-16/h4-10H,3,16H2,1-2H3,(H,17,18). The molecule has 0 radical (unpaired) electrons. The average Bonchev–Trinajstić information content (AvgIpc) is 2.49. The topological polar surface area (TPSA) is 71.2 Å². The van der Waals surface area contributed by atoms with Gasteiger partial charge in [0.2, 0.25) is 0 Å². The second-order valence-corrected chi connectivity index (χ2v) is 4.40. The normalized spacial score (nSPS) is 10.2. The quantitative estimate of drug-likeness (QED) is 0.661. The number of nitrogens with two attached hydrogens (primary N) is 1. The SMILES string of the molecule is CCN(C(=O)c1cnccc1NN)c1ccccc1C. The van der Waals surface area contributed by atoms with Crippen LogP contribution in [0.2, 0.25) is 0 Å². The van der Waals surface area contributed by atoms with E-state index in [1.807, 2.05) is 38.1 Å². The van der Waals surface area contributed by atoms with E-state index >= 15 is 0 Å². The smallest absolute Gasteiger partial charge is 0.261 e. The predicted octanol–water partition coefficient (Wildman–Crippen LogP) is 2.34. The third-order valence-electron chi connectivity index (χ3n) is 3.17. The van der Waals surface area contributed by atoms with Gasteiger partial charge in [0, 0.05) is 24.6 Å². The lowest BCUT2D eigenvalue weighted by Gasteiger charge is -2.23. The Morgan fingerprint density at radius 2 is 2.10 bits per heavy atom. The molecule has 2 aromatic rings. The number of para-hydroxylation sites is 1. The number of carbonyl (C=O) groups excluding carboxylic acids is 1. The van der Waals surface area contributed by atoms with Gasteiger partial charge in [-0.2, -0.15) is 0 Å². The first-order valence-electron chi connectivity index (χ1n) is 6.47. The second kappa shape index (κ2) is 6.16. The van der Waals surface area contributed by atoms with E-state index in [1.54, 1.807) is 17.2 Å². The first kappa shape index (κ1) is 14.0. The molecule has 0 aliphatic heterocycles. The molecular formula is C15H18N4O. The van der Waals surface area contributed by atoms with Crippen LogP contribution in [0.25, 0.3) is 0 Å². The number of amides is 1. The Labute approximate surface area is 118 Å². The Bertz CT molecular complexity index is 612. The highest BCUT2D eigenvalue weighted by Gasteiger charge is 2.20. The average molecular weight is 270 g/mol. The Morgan fingerprint density at radius 1 is 1.35 bits per heavy atom. The van der Waals surface area contributed by atoms with Crippen LogP contribution < -0.4 is 16.2 Å². The summed E-state index contributed by atoms with van der Waals surface area (Å²) in [5, 5.41) is 0. The zero-order valence-electron chi connectivity index (χ0n) is 11.6. The molecule has 104 valence electrons. The Hall–Kier alpha value is -2.40. The van der Waals surface area contributed by atoms with Gasteiger partial charge in [-0.25, -0.2) is 0 Å². The van der Waals surface area contributed by atoms with Crippen LogP contribution in [-0.4, -0.2) is 17.4 Å². The van der Waals surface area contributed by atoms with Gasteiger partial charge in [-0.1, -0.05) is 18.2 Å². The van der Waals surface area contributed by atoms with Gasteiger partial charge >= 0.3 is 0 Å². The predicted molar refractivity (Wildman–Crippen MR) is 80.6 cm³/mol. The molecule has 0 aliphatic rings. The molecule has 1 heterocycles. The lowest BCUT2D eigenvalue weighted by Crippen LogP contribution is -2.32. The molecule has 0 spiro atoms. The lowest BCUT2D eigenvalue weighted by molar-refractivity contribution is 0.0988. The lowest BCUT2D eigenvalue weighted by atomic mass is 10.1. The van der Waals surface area contributed by atoms with Crippen molar-refractivity contribution in [3.63, 3.8) is 0 Å². The van der Waals surface area contributed by atoms with Crippen LogP contribution in [-0.2, 0) is 0 Å². The summed E-state index contributed by atoms with van der Waals surface area (Å²) in [4.78, 5) is 18.4. The molecule has 0 fully saturated rings. The van der Waals surface area contributed by atoms with E-state index < -0.39 is 0 Å². The van der Waals surface area contributed by atoms with Gasteiger partial charge in [0.25, 0.3) is 5.91 Å². The molecule has 1 amide bonds. The molecule has 0 atom stereocenters. The number of pyridine rings is 1. The molecule has 2 rings (SSSR count). The monoisotopic (exact) mass is 270 g/mol. The number of carbonyl (C=O) groups is 1. The number of anilines is 2. The van der Waals surface area contributed by atoms with Gasteiger partial charge in [0.15, 0.2) is 0 Å². The zero-order valence-corrected chi connectivity index (χ0v) is 11.6. The molecule has 0 aliphatic carbocycles. The van der Waals surface area contributed by atoms with Crippen molar-refractivity contribution in [3.8, 4) is 0 Å². The summed E-state index contributed by atoms with van der Waals surface area (Å²) in [6.45, 7) is 4.50. The molecule has 3 N–H and O–H groups in total. The van der Waals surface area contributed by atoms with Crippen LogP contribution >= 0.6 is 0 Å². The van der Waals surface area contributed by atoms with Crippen molar-refractivity contribution in [2.24, 2.45) is 5.84 Å². The summed E-state index contributed by atoms with van der Waals surface area (Å²) < 4.78 is 0. The van der Waals surface area contributed by atoms with Crippen molar-refractivity contribution >= 4 is 17.3 Å².